The average molecular weight is 507 g/mol. The van der Waals surface area contributed by atoms with Crippen molar-refractivity contribution >= 4 is 5.97 Å². The second kappa shape index (κ2) is 12.6. The minimum atomic E-state index is -0.778. The van der Waals surface area contributed by atoms with Crippen molar-refractivity contribution in [1.82, 2.24) is 0 Å². The van der Waals surface area contributed by atoms with E-state index in [0.717, 1.165) is 30.4 Å². The van der Waals surface area contributed by atoms with Gasteiger partial charge in [-0.1, -0.05) is 50.5 Å². The first-order valence-electron chi connectivity index (χ1n) is 13.0. The van der Waals surface area contributed by atoms with Gasteiger partial charge in [0.1, 0.15) is 29.7 Å². The molecule has 1 N–H and O–H groups in total. The highest BCUT2D eigenvalue weighted by Crippen LogP contribution is 2.41. The zero-order valence-electron chi connectivity index (χ0n) is 21.5. The van der Waals surface area contributed by atoms with E-state index in [-0.39, 0.29) is 18.2 Å². The van der Waals surface area contributed by atoms with E-state index in [2.05, 4.69) is 6.92 Å². The molecule has 5 nitrogen and oxygen atoms in total. The van der Waals surface area contributed by atoms with E-state index in [4.69, 9.17) is 14.2 Å². The third-order valence-corrected chi connectivity index (χ3v) is 6.74. The number of hydrogen-bond acceptors (Lipinski definition) is 4. The SMILES string of the molecule is CCCCOc1cc(COc2cccc([C@H](CC(=O)O)CC3CC3)c2)ccc1-c1cc(OC)ccc1F. The normalized spacial score (nSPS) is 13.7. The van der Waals surface area contributed by atoms with Gasteiger partial charge in [-0.3, -0.25) is 4.79 Å². The van der Waals surface area contributed by atoms with Crippen molar-refractivity contribution in [2.24, 2.45) is 5.92 Å². The van der Waals surface area contributed by atoms with Gasteiger partial charge in [0.25, 0.3) is 0 Å². The lowest BCUT2D eigenvalue weighted by molar-refractivity contribution is -0.137. The summed E-state index contributed by atoms with van der Waals surface area (Å²) in [5, 5.41) is 9.38. The molecule has 0 spiro atoms. The molecular formula is C31H35FO5. The molecule has 3 aromatic carbocycles. The van der Waals surface area contributed by atoms with Crippen LogP contribution in [-0.2, 0) is 11.4 Å². The summed E-state index contributed by atoms with van der Waals surface area (Å²) in [6.45, 7) is 2.93. The average Bonchev–Trinajstić information content (AvgIpc) is 3.72. The summed E-state index contributed by atoms with van der Waals surface area (Å²) in [6.07, 6.45) is 5.28. The summed E-state index contributed by atoms with van der Waals surface area (Å²) in [5.41, 5.74) is 2.98. The Hall–Kier alpha value is -3.54. The lowest BCUT2D eigenvalue weighted by Crippen LogP contribution is -2.08. The molecule has 1 aliphatic rings. The molecule has 1 aliphatic carbocycles. The maximum atomic E-state index is 14.7. The Kier molecular flexibility index (Phi) is 9.04. The number of rotatable bonds is 14. The van der Waals surface area contributed by atoms with E-state index in [0.29, 0.717) is 47.5 Å². The number of ether oxygens (including phenoxy) is 3. The summed E-state index contributed by atoms with van der Waals surface area (Å²) < 4.78 is 32.2. The predicted octanol–water partition coefficient (Wildman–Crippen LogP) is 7.62. The van der Waals surface area contributed by atoms with Crippen molar-refractivity contribution in [3.63, 3.8) is 0 Å². The third-order valence-electron chi connectivity index (χ3n) is 6.74. The highest BCUT2D eigenvalue weighted by molar-refractivity contribution is 5.72. The summed E-state index contributed by atoms with van der Waals surface area (Å²) in [5.74, 6) is 1.37. The second-order valence-corrected chi connectivity index (χ2v) is 9.71. The van der Waals surface area contributed by atoms with Gasteiger partial charge < -0.3 is 19.3 Å². The maximum Gasteiger partial charge on any atom is 0.303 e. The summed E-state index contributed by atoms with van der Waals surface area (Å²) in [7, 11) is 1.56. The van der Waals surface area contributed by atoms with Gasteiger partial charge in [-0.15, -0.1) is 0 Å². The van der Waals surface area contributed by atoms with Crippen LogP contribution < -0.4 is 14.2 Å². The Morgan fingerprint density at radius 1 is 1.03 bits per heavy atom. The van der Waals surface area contributed by atoms with Crippen LogP contribution in [0.25, 0.3) is 11.1 Å². The van der Waals surface area contributed by atoms with E-state index in [9.17, 15) is 14.3 Å². The van der Waals surface area contributed by atoms with Crippen molar-refractivity contribution in [2.75, 3.05) is 13.7 Å². The van der Waals surface area contributed by atoms with Crippen LogP contribution >= 0.6 is 0 Å². The molecule has 0 aliphatic heterocycles. The molecule has 1 fully saturated rings. The molecule has 1 saturated carbocycles. The Labute approximate surface area is 218 Å². The van der Waals surface area contributed by atoms with Gasteiger partial charge in [0.05, 0.1) is 20.1 Å². The summed E-state index contributed by atoms with van der Waals surface area (Å²) >= 11 is 0. The highest BCUT2D eigenvalue weighted by Gasteiger charge is 2.27. The summed E-state index contributed by atoms with van der Waals surface area (Å²) in [6, 6.07) is 18.1. The Balaban J connectivity index is 1.52. The van der Waals surface area contributed by atoms with Crippen LogP contribution in [0.4, 0.5) is 4.39 Å². The smallest absolute Gasteiger partial charge is 0.303 e. The Morgan fingerprint density at radius 2 is 1.86 bits per heavy atom. The van der Waals surface area contributed by atoms with Gasteiger partial charge in [-0.2, -0.15) is 0 Å². The first-order valence-corrected chi connectivity index (χ1v) is 13.0. The fourth-order valence-electron chi connectivity index (χ4n) is 4.49. The van der Waals surface area contributed by atoms with Crippen LogP contribution in [-0.4, -0.2) is 24.8 Å². The molecule has 0 unspecified atom stereocenters. The van der Waals surface area contributed by atoms with E-state index >= 15 is 0 Å². The van der Waals surface area contributed by atoms with Crippen LogP contribution in [0.2, 0.25) is 0 Å². The maximum absolute atomic E-state index is 14.7. The zero-order chi connectivity index (χ0) is 26.2. The molecule has 4 rings (SSSR count). The number of unbranched alkanes of at least 4 members (excludes halogenated alkanes) is 1. The first kappa shape index (κ1) is 26.5. The van der Waals surface area contributed by atoms with E-state index in [1.54, 1.807) is 19.2 Å². The summed E-state index contributed by atoms with van der Waals surface area (Å²) in [4.78, 5) is 11.4. The number of hydrogen-bond donors (Lipinski definition) is 1. The topological polar surface area (TPSA) is 65.0 Å². The van der Waals surface area contributed by atoms with Gasteiger partial charge in [-0.25, -0.2) is 4.39 Å². The van der Waals surface area contributed by atoms with Crippen LogP contribution in [0.3, 0.4) is 0 Å². The van der Waals surface area contributed by atoms with Gasteiger partial charge >= 0.3 is 5.97 Å². The molecule has 0 amide bonds. The van der Waals surface area contributed by atoms with Crippen LogP contribution in [0, 0.1) is 11.7 Å². The number of halogens is 1. The molecule has 0 heterocycles. The van der Waals surface area contributed by atoms with Crippen molar-refractivity contribution < 1.29 is 28.5 Å². The fourth-order valence-corrected chi connectivity index (χ4v) is 4.49. The monoisotopic (exact) mass is 506 g/mol. The number of methoxy groups -OCH3 is 1. The molecule has 6 heteroatoms. The van der Waals surface area contributed by atoms with Crippen molar-refractivity contribution in [3.8, 4) is 28.4 Å². The van der Waals surface area contributed by atoms with E-state index in [1.165, 1.54) is 18.9 Å². The minimum absolute atomic E-state index is 0.0100. The zero-order valence-corrected chi connectivity index (χ0v) is 21.5. The number of carbonyl (C=O) groups is 1. The largest absolute Gasteiger partial charge is 0.497 e. The molecule has 196 valence electrons. The van der Waals surface area contributed by atoms with Gasteiger partial charge in [0.15, 0.2) is 0 Å². The number of benzene rings is 3. The standard InChI is InChI=1S/C31H35FO5/c1-3-4-14-36-30-16-22(10-12-27(30)28-19-25(35-2)11-13-29(28)32)20-37-26-7-5-6-23(17-26)24(18-31(33)34)15-21-8-9-21/h5-7,10-13,16-17,19,21,24H,3-4,8-9,14-15,18,20H2,1-2H3,(H,33,34)/t24-/m0/s1. The quantitative estimate of drug-likeness (QED) is 0.228. The number of carboxylic acids is 1. The number of carboxylic acid groups (broad SMARTS) is 1. The van der Waals surface area contributed by atoms with Gasteiger partial charge in [0, 0.05) is 11.1 Å². The van der Waals surface area contributed by atoms with Crippen LogP contribution in [0.15, 0.2) is 60.7 Å². The Morgan fingerprint density at radius 3 is 2.59 bits per heavy atom. The Bertz CT molecular complexity index is 1200. The van der Waals surface area contributed by atoms with Crippen molar-refractivity contribution in [2.45, 2.75) is 58.0 Å². The lowest BCUT2D eigenvalue weighted by Gasteiger charge is -2.17. The van der Waals surface area contributed by atoms with Gasteiger partial charge in [0.2, 0.25) is 0 Å². The molecule has 0 radical (unpaired) electrons. The van der Waals surface area contributed by atoms with Crippen molar-refractivity contribution in [3.05, 3.63) is 77.6 Å². The second-order valence-electron chi connectivity index (χ2n) is 9.71. The fraction of sp³-hybridized carbons (Fsp3) is 0.387. The van der Waals surface area contributed by atoms with E-state index in [1.807, 2.05) is 42.5 Å². The first-order chi connectivity index (χ1) is 18.0. The van der Waals surface area contributed by atoms with Crippen LogP contribution in [0.5, 0.6) is 17.2 Å². The predicted molar refractivity (Wildman–Crippen MR) is 142 cm³/mol. The third kappa shape index (κ3) is 7.48. The minimum Gasteiger partial charge on any atom is -0.497 e. The molecule has 37 heavy (non-hydrogen) atoms. The molecular weight excluding hydrogens is 471 g/mol. The van der Waals surface area contributed by atoms with Gasteiger partial charge in [-0.05, 0) is 72.2 Å². The number of aliphatic carboxylic acids is 1. The highest BCUT2D eigenvalue weighted by atomic mass is 19.1. The molecule has 0 aromatic heterocycles. The van der Waals surface area contributed by atoms with Crippen LogP contribution in [0.1, 0.15) is 62.5 Å². The van der Waals surface area contributed by atoms with E-state index < -0.39 is 5.97 Å². The lowest BCUT2D eigenvalue weighted by atomic mass is 9.90. The van der Waals surface area contributed by atoms with Crippen molar-refractivity contribution in [1.29, 1.82) is 0 Å². The molecule has 0 bridgehead atoms. The molecule has 1 atom stereocenters. The molecule has 3 aromatic rings. The molecule has 0 saturated heterocycles.